The Bertz CT molecular complexity index is 908. The Morgan fingerprint density at radius 1 is 1.11 bits per heavy atom. The molecule has 1 amide bonds. The molecule has 8 heteroatoms. The molecule has 1 N–H and O–H groups in total. The summed E-state index contributed by atoms with van der Waals surface area (Å²) >= 11 is 1.39. The molecule has 1 aromatic carbocycles. The Labute approximate surface area is 169 Å². The van der Waals surface area contributed by atoms with Gasteiger partial charge in [0.2, 0.25) is 5.91 Å². The van der Waals surface area contributed by atoms with Gasteiger partial charge in [-0.15, -0.1) is 10.2 Å². The van der Waals surface area contributed by atoms with Gasteiger partial charge < -0.3 is 14.8 Å². The maximum Gasteiger partial charge on any atom is 0.230 e. The average Bonchev–Trinajstić information content (AvgIpc) is 3.14. The topological polar surface area (TPSA) is 75.9 Å². The number of nitrogens with one attached hydrogen (secondary N) is 1. The number of hydrogen-bond acceptors (Lipinski definition) is 6. The molecule has 2 heterocycles. The lowest BCUT2D eigenvalue weighted by Gasteiger charge is -2.13. The molecule has 3 rings (SSSR count). The van der Waals surface area contributed by atoms with Crippen LogP contribution >= 0.6 is 11.8 Å². The molecule has 0 fully saturated rings. The summed E-state index contributed by atoms with van der Waals surface area (Å²) in [6, 6.07) is 11.9. The Balaban J connectivity index is 1.55. The summed E-state index contributed by atoms with van der Waals surface area (Å²) in [6.07, 6.45) is 3.46. The van der Waals surface area contributed by atoms with E-state index in [2.05, 4.69) is 20.5 Å². The summed E-state index contributed by atoms with van der Waals surface area (Å²) in [5.41, 5.74) is 3.16. The van der Waals surface area contributed by atoms with Gasteiger partial charge in [-0.2, -0.15) is 0 Å². The number of thioether (sulfide) groups is 1. The van der Waals surface area contributed by atoms with E-state index in [0.29, 0.717) is 12.3 Å². The first-order valence-corrected chi connectivity index (χ1v) is 10.1. The Morgan fingerprint density at radius 2 is 1.82 bits per heavy atom. The molecule has 0 saturated carbocycles. The van der Waals surface area contributed by atoms with Crippen LogP contribution in [-0.2, 0) is 17.9 Å². The number of rotatable bonds is 8. The quantitative estimate of drug-likeness (QED) is 0.590. The number of carbonyl (C=O) groups excluding carboxylic acids is 1. The van der Waals surface area contributed by atoms with Crippen molar-refractivity contribution in [1.82, 2.24) is 25.1 Å². The number of benzene rings is 1. The highest BCUT2D eigenvalue weighted by molar-refractivity contribution is 7.99. The van der Waals surface area contributed by atoms with Crippen molar-refractivity contribution < 1.29 is 4.79 Å². The third kappa shape index (κ3) is 4.89. The van der Waals surface area contributed by atoms with E-state index in [-0.39, 0.29) is 5.91 Å². The molecule has 0 unspecified atom stereocenters. The number of pyridine rings is 1. The number of anilines is 1. The summed E-state index contributed by atoms with van der Waals surface area (Å²) in [5.74, 6) is 1.05. The van der Waals surface area contributed by atoms with Gasteiger partial charge in [0.25, 0.3) is 0 Å². The summed E-state index contributed by atoms with van der Waals surface area (Å²) in [4.78, 5) is 18.3. The standard InChI is InChI=1S/C20H24N6OS/c1-4-26-19(16-9-11-21-12-10-16)23-24-20(26)28-14-18(27)22-13-15-5-7-17(8-6-15)25(2)3/h5-12H,4,13-14H2,1-3H3,(H,22,27). The zero-order valence-electron chi connectivity index (χ0n) is 16.3. The van der Waals surface area contributed by atoms with Crippen molar-refractivity contribution in [3.8, 4) is 11.4 Å². The van der Waals surface area contributed by atoms with Crippen molar-refractivity contribution in [3.63, 3.8) is 0 Å². The third-order valence-corrected chi connectivity index (χ3v) is 5.21. The second-order valence-corrected chi connectivity index (χ2v) is 7.36. The minimum atomic E-state index is -0.0298. The van der Waals surface area contributed by atoms with Crippen molar-refractivity contribution in [3.05, 3.63) is 54.4 Å². The van der Waals surface area contributed by atoms with Gasteiger partial charge in [-0.3, -0.25) is 9.78 Å². The van der Waals surface area contributed by atoms with Gasteiger partial charge in [0.1, 0.15) is 0 Å². The lowest BCUT2D eigenvalue weighted by Crippen LogP contribution is -2.24. The number of amides is 1. The molecular formula is C20H24N6OS. The van der Waals surface area contributed by atoms with E-state index in [0.717, 1.165) is 34.3 Å². The first-order valence-electron chi connectivity index (χ1n) is 9.08. The maximum atomic E-state index is 12.2. The van der Waals surface area contributed by atoms with Crippen molar-refractivity contribution in [1.29, 1.82) is 0 Å². The smallest absolute Gasteiger partial charge is 0.230 e. The van der Waals surface area contributed by atoms with Gasteiger partial charge in [0.05, 0.1) is 5.75 Å². The Morgan fingerprint density at radius 3 is 2.46 bits per heavy atom. The fourth-order valence-corrected chi connectivity index (χ4v) is 3.52. The molecule has 0 spiro atoms. The molecule has 7 nitrogen and oxygen atoms in total. The number of aromatic nitrogens is 4. The summed E-state index contributed by atoms with van der Waals surface area (Å²) in [6.45, 7) is 3.28. The fourth-order valence-electron chi connectivity index (χ4n) is 2.69. The predicted octanol–water partition coefficient (Wildman–Crippen LogP) is 2.83. The van der Waals surface area contributed by atoms with E-state index in [4.69, 9.17) is 0 Å². The van der Waals surface area contributed by atoms with Crippen LogP contribution in [-0.4, -0.2) is 45.5 Å². The molecule has 0 saturated heterocycles. The molecule has 0 aliphatic carbocycles. The molecule has 28 heavy (non-hydrogen) atoms. The van der Waals surface area contributed by atoms with Crippen LogP contribution in [0.15, 0.2) is 53.9 Å². The van der Waals surface area contributed by atoms with Gasteiger partial charge in [-0.25, -0.2) is 0 Å². The van der Waals surface area contributed by atoms with Crippen LogP contribution in [0.5, 0.6) is 0 Å². The molecule has 0 atom stereocenters. The largest absolute Gasteiger partial charge is 0.378 e. The SMILES string of the molecule is CCn1c(SCC(=O)NCc2ccc(N(C)C)cc2)nnc1-c1ccncc1. The van der Waals surface area contributed by atoms with Crippen molar-refractivity contribution in [2.75, 3.05) is 24.7 Å². The van der Waals surface area contributed by atoms with Crippen molar-refractivity contribution >= 4 is 23.4 Å². The highest BCUT2D eigenvalue weighted by Gasteiger charge is 2.14. The second-order valence-electron chi connectivity index (χ2n) is 6.41. The van der Waals surface area contributed by atoms with E-state index >= 15 is 0 Å². The van der Waals surface area contributed by atoms with Gasteiger partial charge in [-0.1, -0.05) is 23.9 Å². The van der Waals surface area contributed by atoms with Crippen LogP contribution in [0.25, 0.3) is 11.4 Å². The molecule has 3 aromatic rings. The molecule has 2 aromatic heterocycles. The minimum Gasteiger partial charge on any atom is -0.378 e. The molecule has 0 bridgehead atoms. The van der Waals surface area contributed by atoms with Crippen LogP contribution in [0, 0.1) is 0 Å². The van der Waals surface area contributed by atoms with E-state index in [1.807, 2.05) is 66.9 Å². The summed E-state index contributed by atoms with van der Waals surface area (Å²) < 4.78 is 2.01. The van der Waals surface area contributed by atoms with Crippen LogP contribution in [0.2, 0.25) is 0 Å². The van der Waals surface area contributed by atoms with Crippen LogP contribution in [0.3, 0.4) is 0 Å². The van der Waals surface area contributed by atoms with E-state index in [1.165, 1.54) is 11.8 Å². The average molecular weight is 397 g/mol. The highest BCUT2D eigenvalue weighted by atomic mass is 32.2. The molecule has 0 aliphatic heterocycles. The van der Waals surface area contributed by atoms with E-state index in [1.54, 1.807) is 12.4 Å². The van der Waals surface area contributed by atoms with Crippen LogP contribution in [0.4, 0.5) is 5.69 Å². The molecule has 0 aliphatic rings. The zero-order chi connectivity index (χ0) is 19.9. The fraction of sp³-hybridized carbons (Fsp3) is 0.300. The number of carbonyl (C=O) groups is 1. The Kier molecular flexibility index (Phi) is 6.65. The number of nitrogens with zero attached hydrogens (tertiary/aromatic N) is 5. The summed E-state index contributed by atoms with van der Waals surface area (Å²) in [5, 5.41) is 12.2. The molecule has 0 radical (unpaired) electrons. The first-order chi connectivity index (χ1) is 13.6. The monoisotopic (exact) mass is 396 g/mol. The zero-order valence-corrected chi connectivity index (χ0v) is 17.1. The van der Waals surface area contributed by atoms with Crippen LogP contribution < -0.4 is 10.2 Å². The lowest BCUT2D eigenvalue weighted by atomic mass is 10.2. The first kappa shape index (κ1) is 19.9. The lowest BCUT2D eigenvalue weighted by molar-refractivity contribution is -0.118. The van der Waals surface area contributed by atoms with Gasteiger partial charge >= 0.3 is 0 Å². The Hall–Kier alpha value is -2.87. The van der Waals surface area contributed by atoms with E-state index in [9.17, 15) is 4.79 Å². The number of hydrogen-bond donors (Lipinski definition) is 1. The predicted molar refractivity (Wildman–Crippen MR) is 112 cm³/mol. The van der Waals surface area contributed by atoms with E-state index < -0.39 is 0 Å². The van der Waals surface area contributed by atoms with Crippen molar-refractivity contribution in [2.24, 2.45) is 0 Å². The normalized spacial score (nSPS) is 10.7. The third-order valence-electron chi connectivity index (χ3n) is 4.25. The van der Waals surface area contributed by atoms with Gasteiger partial charge in [-0.05, 0) is 36.8 Å². The summed E-state index contributed by atoms with van der Waals surface area (Å²) in [7, 11) is 4.01. The highest BCUT2D eigenvalue weighted by Crippen LogP contribution is 2.23. The minimum absolute atomic E-state index is 0.0298. The van der Waals surface area contributed by atoms with Crippen LogP contribution in [0.1, 0.15) is 12.5 Å². The van der Waals surface area contributed by atoms with Gasteiger partial charge in [0, 0.05) is 50.8 Å². The maximum absolute atomic E-state index is 12.2. The van der Waals surface area contributed by atoms with Crippen molar-refractivity contribution in [2.45, 2.75) is 25.2 Å². The molecule has 146 valence electrons. The molecular weight excluding hydrogens is 372 g/mol. The second kappa shape index (κ2) is 9.36. The van der Waals surface area contributed by atoms with Gasteiger partial charge in [0.15, 0.2) is 11.0 Å².